The molecule has 0 fully saturated rings. The first kappa shape index (κ1) is 15.3. The fraction of sp³-hybridized carbons (Fsp3) is 0.312. The topological polar surface area (TPSA) is 102 Å². The van der Waals surface area contributed by atoms with Gasteiger partial charge in [-0.25, -0.2) is 9.97 Å². The molecule has 128 valence electrons. The van der Waals surface area contributed by atoms with Crippen LogP contribution < -0.4 is 5.32 Å². The summed E-state index contributed by atoms with van der Waals surface area (Å²) >= 11 is 0. The van der Waals surface area contributed by atoms with E-state index in [1.54, 1.807) is 23.3 Å². The summed E-state index contributed by atoms with van der Waals surface area (Å²) in [5.74, 6) is 1.79. The lowest BCUT2D eigenvalue weighted by Crippen LogP contribution is -2.04. The van der Waals surface area contributed by atoms with Gasteiger partial charge in [-0.2, -0.15) is 15.3 Å². The molecule has 4 heterocycles. The van der Waals surface area contributed by atoms with Crippen molar-refractivity contribution in [3.8, 4) is 11.4 Å². The van der Waals surface area contributed by atoms with Crippen molar-refractivity contribution in [2.24, 2.45) is 13.0 Å². The molecule has 9 heteroatoms. The predicted octanol–water partition coefficient (Wildman–Crippen LogP) is 2.35. The Balaban J connectivity index is 1.70. The molecule has 0 saturated heterocycles. The first-order valence-corrected chi connectivity index (χ1v) is 8.08. The van der Waals surface area contributed by atoms with Gasteiger partial charge in [0, 0.05) is 26.0 Å². The van der Waals surface area contributed by atoms with E-state index in [0.29, 0.717) is 17.6 Å². The molecule has 0 aliphatic carbocycles. The number of rotatable bonds is 5. The quantitative estimate of drug-likeness (QED) is 0.579. The van der Waals surface area contributed by atoms with Crippen molar-refractivity contribution in [3.05, 3.63) is 31.0 Å². The number of aromatic nitrogens is 8. The second-order valence-electron chi connectivity index (χ2n) is 6.40. The van der Waals surface area contributed by atoms with Crippen molar-refractivity contribution in [2.45, 2.75) is 20.4 Å². The summed E-state index contributed by atoms with van der Waals surface area (Å²) in [5, 5.41) is 18.9. The Hall–Kier alpha value is -3.23. The molecule has 0 radical (unpaired) electrons. The second-order valence-corrected chi connectivity index (χ2v) is 6.40. The van der Waals surface area contributed by atoms with Crippen LogP contribution in [0.5, 0.6) is 0 Å². The Labute approximate surface area is 144 Å². The van der Waals surface area contributed by atoms with E-state index in [2.05, 4.69) is 49.5 Å². The van der Waals surface area contributed by atoms with Gasteiger partial charge >= 0.3 is 0 Å². The molecule has 9 nitrogen and oxygen atoms in total. The molecule has 0 aliphatic rings. The number of anilines is 2. The van der Waals surface area contributed by atoms with Gasteiger partial charge in [-0.1, -0.05) is 13.8 Å². The van der Waals surface area contributed by atoms with Gasteiger partial charge in [-0.05, 0) is 5.92 Å². The van der Waals surface area contributed by atoms with Gasteiger partial charge in [0.15, 0.2) is 11.6 Å². The zero-order valence-electron chi connectivity index (χ0n) is 14.3. The molecule has 0 bridgehead atoms. The van der Waals surface area contributed by atoms with E-state index < -0.39 is 0 Å². The number of H-pyrrole nitrogens is 1. The molecule has 0 amide bonds. The van der Waals surface area contributed by atoms with E-state index >= 15 is 0 Å². The first-order chi connectivity index (χ1) is 12.1. The van der Waals surface area contributed by atoms with Crippen molar-refractivity contribution in [3.63, 3.8) is 0 Å². The van der Waals surface area contributed by atoms with Gasteiger partial charge < -0.3 is 5.32 Å². The highest BCUT2D eigenvalue weighted by atomic mass is 15.3. The Kier molecular flexibility index (Phi) is 3.68. The fourth-order valence-electron chi connectivity index (χ4n) is 2.63. The van der Waals surface area contributed by atoms with Gasteiger partial charge in [0.05, 0.1) is 29.8 Å². The molecule has 4 aromatic heterocycles. The summed E-state index contributed by atoms with van der Waals surface area (Å²) in [7, 11) is 1.86. The van der Waals surface area contributed by atoms with Crippen molar-refractivity contribution in [1.29, 1.82) is 0 Å². The lowest BCUT2D eigenvalue weighted by molar-refractivity contribution is 0.483. The number of aryl methyl sites for hydroxylation is 1. The summed E-state index contributed by atoms with van der Waals surface area (Å²) < 4.78 is 3.64. The number of aromatic amines is 1. The summed E-state index contributed by atoms with van der Waals surface area (Å²) in [5.41, 5.74) is 3.21. The smallest absolute Gasteiger partial charge is 0.165 e. The molecule has 0 aromatic carbocycles. The maximum atomic E-state index is 4.64. The molecule has 0 saturated carbocycles. The number of fused-ring (bicyclic) bond motifs is 1. The molecular formula is C16H19N9. The van der Waals surface area contributed by atoms with Crippen LogP contribution in [0.25, 0.3) is 22.4 Å². The van der Waals surface area contributed by atoms with Gasteiger partial charge in [0.25, 0.3) is 0 Å². The highest BCUT2D eigenvalue weighted by Crippen LogP contribution is 2.25. The van der Waals surface area contributed by atoms with Crippen LogP contribution in [-0.2, 0) is 13.6 Å². The zero-order valence-corrected chi connectivity index (χ0v) is 14.3. The van der Waals surface area contributed by atoms with Crippen molar-refractivity contribution >= 4 is 22.5 Å². The SMILES string of the molecule is CC(C)Cn1cc(Nc2nc(-c3cnn(C)c3)nc3cn[nH]c23)cn1. The highest BCUT2D eigenvalue weighted by Gasteiger charge is 2.13. The average molecular weight is 337 g/mol. The van der Waals surface area contributed by atoms with Crippen molar-refractivity contribution < 1.29 is 0 Å². The maximum absolute atomic E-state index is 4.64. The molecule has 2 N–H and O–H groups in total. The van der Waals surface area contributed by atoms with Gasteiger partial charge in [0.2, 0.25) is 0 Å². The predicted molar refractivity (Wildman–Crippen MR) is 94.2 cm³/mol. The Morgan fingerprint density at radius 3 is 2.76 bits per heavy atom. The fourth-order valence-corrected chi connectivity index (χ4v) is 2.63. The van der Waals surface area contributed by atoms with Crippen LogP contribution >= 0.6 is 0 Å². The van der Waals surface area contributed by atoms with Crippen molar-refractivity contribution in [1.82, 2.24) is 39.7 Å². The van der Waals surface area contributed by atoms with Crippen LogP contribution in [0.1, 0.15) is 13.8 Å². The lowest BCUT2D eigenvalue weighted by atomic mass is 10.2. The minimum Gasteiger partial charge on any atom is -0.336 e. The molecular weight excluding hydrogens is 318 g/mol. The zero-order chi connectivity index (χ0) is 17.4. The molecule has 25 heavy (non-hydrogen) atoms. The van der Waals surface area contributed by atoms with E-state index in [9.17, 15) is 0 Å². The number of hydrogen-bond acceptors (Lipinski definition) is 6. The van der Waals surface area contributed by atoms with Gasteiger partial charge in [-0.15, -0.1) is 0 Å². The summed E-state index contributed by atoms with van der Waals surface area (Å²) in [6, 6.07) is 0. The Morgan fingerprint density at radius 1 is 1.12 bits per heavy atom. The van der Waals surface area contributed by atoms with Crippen LogP contribution in [0.3, 0.4) is 0 Å². The van der Waals surface area contributed by atoms with Crippen LogP contribution in [0.15, 0.2) is 31.0 Å². The Bertz CT molecular complexity index is 1010. The monoisotopic (exact) mass is 337 g/mol. The van der Waals surface area contributed by atoms with Crippen LogP contribution in [0.4, 0.5) is 11.5 Å². The molecule has 0 unspecified atom stereocenters. The Morgan fingerprint density at radius 2 is 2.00 bits per heavy atom. The minimum atomic E-state index is 0.531. The molecule has 0 aliphatic heterocycles. The van der Waals surface area contributed by atoms with Crippen LogP contribution in [-0.4, -0.2) is 39.7 Å². The van der Waals surface area contributed by atoms with Crippen LogP contribution in [0.2, 0.25) is 0 Å². The summed E-state index contributed by atoms with van der Waals surface area (Å²) in [4.78, 5) is 9.18. The van der Waals surface area contributed by atoms with Gasteiger partial charge in [-0.3, -0.25) is 14.5 Å². The standard InChI is InChI=1S/C16H19N9/c1-10(2)7-25-9-12(5-19-25)20-16-14-13(6-17-23-14)21-15(22-16)11-4-18-24(3)8-11/h4-6,8-10H,7H2,1-3H3,(H,17,23)(H,20,21,22). The summed E-state index contributed by atoms with van der Waals surface area (Å²) in [6.07, 6.45) is 9.06. The normalized spacial score (nSPS) is 11.5. The number of nitrogens with zero attached hydrogens (tertiary/aromatic N) is 7. The first-order valence-electron chi connectivity index (χ1n) is 8.08. The third-order valence-corrected chi connectivity index (χ3v) is 3.71. The number of nitrogens with one attached hydrogen (secondary N) is 2. The molecule has 0 atom stereocenters. The van der Waals surface area contributed by atoms with Gasteiger partial charge in [0.1, 0.15) is 11.0 Å². The van der Waals surface area contributed by atoms with Crippen LogP contribution in [0, 0.1) is 5.92 Å². The van der Waals surface area contributed by atoms with E-state index in [4.69, 9.17) is 0 Å². The minimum absolute atomic E-state index is 0.531. The molecule has 4 aromatic rings. The van der Waals surface area contributed by atoms with E-state index in [0.717, 1.165) is 28.8 Å². The van der Waals surface area contributed by atoms with E-state index in [-0.39, 0.29) is 0 Å². The molecule has 4 rings (SSSR count). The average Bonchev–Trinajstić information content (AvgIpc) is 3.27. The van der Waals surface area contributed by atoms with Crippen molar-refractivity contribution in [2.75, 3.05) is 5.32 Å². The second kappa shape index (κ2) is 6.00. The van der Waals surface area contributed by atoms with E-state index in [1.807, 2.05) is 24.1 Å². The third kappa shape index (κ3) is 3.08. The van der Waals surface area contributed by atoms with E-state index in [1.165, 1.54) is 0 Å². The maximum Gasteiger partial charge on any atom is 0.165 e. The highest BCUT2D eigenvalue weighted by molar-refractivity contribution is 5.88. The number of hydrogen-bond donors (Lipinski definition) is 2. The summed E-state index contributed by atoms with van der Waals surface area (Å²) in [6.45, 7) is 5.19. The molecule has 0 spiro atoms. The lowest BCUT2D eigenvalue weighted by Gasteiger charge is -2.06. The largest absolute Gasteiger partial charge is 0.336 e. The third-order valence-electron chi connectivity index (χ3n) is 3.71.